The van der Waals surface area contributed by atoms with Crippen LogP contribution < -0.4 is 15.8 Å². The van der Waals surface area contributed by atoms with E-state index in [9.17, 15) is 4.79 Å². The molecule has 2 aromatic rings. The van der Waals surface area contributed by atoms with Crippen molar-refractivity contribution in [2.75, 3.05) is 12.8 Å². The maximum atomic E-state index is 12.1. The lowest BCUT2D eigenvalue weighted by Gasteiger charge is -2.10. The number of methoxy groups -OCH3 is 1. The highest BCUT2D eigenvalue weighted by Crippen LogP contribution is 2.20. The molecule has 0 spiro atoms. The molecule has 0 heterocycles. The van der Waals surface area contributed by atoms with Gasteiger partial charge in [0, 0.05) is 27.8 Å². The topological polar surface area (TPSA) is 64.3 Å². The average Bonchev–Trinajstić information content (AvgIpc) is 2.47. The SMILES string of the molecule is COc1ccccc1CNC(=O)c1ccc(Br)c(N)c1. The second kappa shape index (κ2) is 6.43. The molecule has 0 aliphatic rings. The Kier molecular flexibility index (Phi) is 4.63. The molecule has 1 amide bonds. The molecule has 0 aliphatic carbocycles. The van der Waals surface area contributed by atoms with Crippen molar-refractivity contribution in [1.82, 2.24) is 5.32 Å². The lowest BCUT2D eigenvalue weighted by Crippen LogP contribution is -2.23. The van der Waals surface area contributed by atoms with Crippen LogP contribution in [0.25, 0.3) is 0 Å². The molecule has 0 atom stereocenters. The van der Waals surface area contributed by atoms with Crippen molar-refractivity contribution in [3.8, 4) is 5.75 Å². The van der Waals surface area contributed by atoms with Gasteiger partial charge in [0.15, 0.2) is 0 Å². The summed E-state index contributed by atoms with van der Waals surface area (Å²) in [5, 5.41) is 2.85. The summed E-state index contributed by atoms with van der Waals surface area (Å²) >= 11 is 3.30. The van der Waals surface area contributed by atoms with Gasteiger partial charge in [0.25, 0.3) is 5.91 Å². The van der Waals surface area contributed by atoms with E-state index in [-0.39, 0.29) is 5.91 Å². The molecule has 0 saturated carbocycles. The van der Waals surface area contributed by atoms with Crippen LogP contribution in [0.3, 0.4) is 0 Å². The molecule has 4 nitrogen and oxygen atoms in total. The predicted molar refractivity (Wildman–Crippen MR) is 82.7 cm³/mol. The number of nitrogen functional groups attached to an aromatic ring is 1. The minimum absolute atomic E-state index is 0.171. The first-order chi connectivity index (χ1) is 9.61. The normalized spacial score (nSPS) is 10.1. The molecule has 5 heteroatoms. The highest BCUT2D eigenvalue weighted by atomic mass is 79.9. The van der Waals surface area contributed by atoms with E-state index in [2.05, 4.69) is 21.2 Å². The molecular weight excluding hydrogens is 320 g/mol. The fourth-order valence-electron chi connectivity index (χ4n) is 1.81. The van der Waals surface area contributed by atoms with Crippen molar-refractivity contribution in [2.45, 2.75) is 6.54 Å². The third kappa shape index (κ3) is 3.30. The molecule has 0 aromatic heterocycles. The second-order valence-electron chi connectivity index (χ2n) is 4.23. The van der Waals surface area contributed by atoms with Gasteiger partial charge in [0.05, 0.1) is 7.11 Å². The molecule has 0 radical (unpaired) electrons. The Morgan fingerprint density at radius 3 is 2.75 bits per heavy atom. The molecule has 0 bridgehead atoms. The summed E-state index contributed by atoms with van der Waals surface area (Å²) in [7, 11) is 1.61. The van der Waals surface area contributed by atoms with Crippen molar-refractivity contribution >= 4 is 27.5 Å². The number of anilines is 1. The van der Waals surface area contributed by atoms with Gasteiger partial charge in [-0.1, -0.05) is 18.2 Å². The first-order valence-corrected chi connectivity index (χ1v) is 6.86. The summed E-state index contributed by atoms with van der Waals surface area (Å²) in [6, 6.07) is 12.7. The van der Waals surface area contributed by atoms with Gasteiger partial charge in [-0.05, 0) is 40.2 Å². The molecule has 0 aliphatic heterocycles. The predicted octanol–water partition coefficient (Wildman–Crippen LogP) is 2.97. The van der Waals surface area contributed by atoms with E-state index >= 15 is 0 Å². The van der Waals surface area contributed by atoms with Gasteiger partial charge in [-0.15, -0.1) is 0 Å². The number of carbonyl (C=O) groups excluding carboxylic acids is 1. The van der Waals surface area contributed by atoms with Crippen LogP contribution in [-0.4, -0.2) is 13.0 Å². The summed E-state index contributed by atoms with van der Waals surface area (Å²) in [4.78, 5) is 12.1. The highest BCUT2D eigenvalue weighted by Gasteiger charge is 2.08. The van der Waals surface area contributed by atoms with Crippen LogP contribution >= 0.6 is 15.9 Å². The number of rotatable bonds is 4. The quantitative estimate of drug-likeness (QED) is 0.845. The van der Waals surface area contributed by atoms with Crippen molar-refractivity contribution in [1.29, 1.82) is 0 Å². The zero-order chi connectivity index (χ0) is 14.5. The van der Waals surface area contributed by atoms with Gasteiger partial charge >= 0.3 is 0 Å². The zero-order valence-electron chi connectivity index (χ0n) is 11.0. The molecule has 0 fully saturated rings. The molecule has 104 valence electrons. The lowest BCUT2D eigenvalue weighted by atomic mass is 10.1. The van der Waals surface area contributed by atoms with E-state index in [0.717, 1.165) is 15.8 Å². The van der Waals surface area contributed by atoms with Gasteiger partial charge in [0.2, 0.25) is 0 Å². The monoisotopic (exact) mass is 334 g/mol. The van der Waals surface area contributed by atoms with E-state index in [1.54, 1.807) is 25.3 Å². The number of benzene rings is 2. The molecule has 0 saturated heterocycles. The van der Waals surface area contributed by atoms with Crippen LogP contribution in [0.1, 0.15) is 15.9 Å². The Morgan fingerprint density at radius 1 is 1.30 bits per heavy atom. The molecule has 3 N–H and O–H groups in total. The number of carbonyl (C=O) groups is 1. The average molecular weight is 335 g/mol. The van der Waals surface area contributed by atoms with Crippen molar-refractivity contribution < 1.29 is 9.53 Å². The number of nitrogens with two attached hydrogens (primary N) is 1. The number of hydrogen-bond donors (Lipinski definition) is 2. The second-order valence-corrected chi connectivity index (χ2v) is 5.09. The number of hydrogen-bond acceptors (Lipinski definition) is 3. The maximum absolute atomic E-state index is 12.1. The summed E-state index contributed by atoms with van der Waals surface area (Å²) in [5.74, 6) is 0.582. The Morgan fingerprint density at radius 2 is 2.05 bits per heavy atom. The number of para-hydroxylation sites is 1. The van der Waals surface area contributed by atoms with Gasteiger partial charge < -0.3 is 15.8 Å². The third-order valence-electron chi connectivity index (χ3n) is 2.89. The largest absolute Gasteiger partial charge is 0.496 e. The van der Waals surface area contributed by atoms with Gasteiger partial charge in [-0.3, -0.25) is 4.79 Å². The van der Waals surface area contributed by atoms with Crippen LogP contribution in [0.2, 0.25) is 0 Å². The fraction of sp³-hybridized carbons (Fsp3) is 0.133. The van der Waals surface area contributed by atoms with E-state index < -0.39 is 0 Å². The van der Waals surface area contributed by atoms with Crippen LogP contribution in [0.15, 0.2) is 46.9 Å². The zero-order valence-corrected chi connectivity index (χ0v) is 12.6. The minimum atomic E-state index is -0.171. The fourth-order valence-corrected chi connectivity index (χ4v) is 2.06. The Bertz CT molecular complexity index is 629. The smallest absolute Gasteiger partial charge is 0.251 e. The maximum Gasteiger partial charge on any atom is 0.251 e. The van der Waals surface area contributed by atoms with E-state index in [0.29, 0.717) is 17.8 Å². The number of nitrogens with one attached hydrogen (secondary N) is 1. The molecule has 2 rings (SSSR count). The number of amides is 1. The van der Waals surface area contributed by atoms with Crippen LogP contribution in [0.5, 0.6) is 5.75 Å². The first-order valence-electron chi connectivity index (χ1n) is 6.07. The Balaban J connectivity index is 2.06. The van der Waals surface area contributed by atoms with Crippen molar-refractivity contribution in [2.24, 2.45) is 0 Å². The molecular formula is C15H15BrN2O2. The summed E-state index contributed by atoms with van der Waals surface area (Å²) in [5.41, 5.74) is 7.75. The van der Waals surface area contributed by atoms with E-state index in [1.165, 1.54) is 0 Å². The van der Waals surface area contributed by atoms with E-state index in [1.807, 2.05) is 24.3 Å². The molecule has 0 unspecified atom stereocenters. The summed E-state index contributed by atoms with van der Waals surface area (Å²) in [6.07, 6.45) is 0. The summed E-state index contributed by atoms with van der Waals surface area (Å²) in [6.45, 7) is 0.402. The van der Waals surface area contributed by atoms with Gasteiger partial charge in [0.1, 0.15) is 5.75 Å². The Labute approximate surface area is 126 Å². The van der Waals surface area contributed by atoms with Crippen molar-refractivity contribution in [3.05, 3.63) is 58.1 Å². The highest BCUT2D eigenvalue weighted by molar-refractivity contribution is 9.10. The Hall–Kier alpha value is -2.01. The summed E-state index contributed by atoms with van der Waals surface area (Å²) < 4.78 is 6.02. The molecule has 20 heavy (non-hydrogen) atoms. The molecule has 2 aromatic carbocycles. The first kappa shape index (κ1) is 14.4. The van der Waals surface area contributed by atoms with Gasteiger partial charge in [-0.2, -0.15) is 0 Å². The van der Waals surface area contributed by atoms with Gasteiger partial charge in [-0.25, -0.2) is 0 Å². The van der Waals surface area contributed by atoms with Crippen LogP contribution in [0, 0.1) is 0 Å². The number of halogens is 1. The lowest BCUT2D eigenvalue weighted by molar-refractivity contribution is 0.0950. The third-order valence-corrected chi connectivity index (χ3v) is 3.61. The minimum Gasteiger partial charge on any atom is -0.496 e. The number of ether oxygens (including phenoxy) is 1. The van der Waals surface area contributed by atoms with E-state index in [4.69, 9.17) is 10.5 Å². The standard InChI is InChI=1S/C15H15BrN2O2/c1-20-14-5-3-2-4-11(14)9-18-15(19)10-6-7-12(16)13(17)8-10/h2-8H,9,17H2,1H3,(H,18,19). The van der Waals surface area contributed by atoms with Crippen LogP contribution in [0.4, 0.5) is 5.69 Å². The van der Waals surface area contributed by atoms with Crippen molar-refractivity contribution in [3.63, 3.8) is 0 Å². The van der Waals surface area contributed by atoms with Crippen LogP contribution in [-0.2, 0) is 6.54 Å².